The molecule has 0 aromatic carbocycles. The number of nitrogens with zero attached hydrogens (tertiary/aromatic N) is 2. The smallest absolute Gasteiger partial charge is 0.234 e. The van der Waals surface area contributed by atoms with Gasteiger partial charge in [-0.3, -0.25) is 14.5 Å². The molecule has 2 aliphatic rings. The Bertz CT molecular complexity index is 428. The van der Waals surface area contributed by atoms with Gasteiger partial charge in [-0.05, 0) is 51.0 Å². The lowest BCUT2D eigenvalue weighted by Gasteiger charge is -2.35. The number of nitrogens with two attached hydrogens (primary N) is 1. The second-order valence-electron chi connectivity index (χ2n) is 8.13. The van der Waals surface area contributed by atoms with E-state index in [-0.39, 0.29) is 11.8 Å². The van der Waals surface area contributed by atoms with Gasteiger partial charge in [0.15, 0.2) is 0 Å². The van der Waals surface area contributed by atoms with Crippen molar-refractivity contribution in [2.75, 3.05) is 39.3 Å². The van der Waals surface area contributed by atoms with Gasteiger partial charge in [0.25, 0.3) is 0 Å². The van der Waals surface area contributed by atoms with E-state index < -0.39 is 0 Å². The Morgan fingerprint density at radius 1 is 0.962 bits per heavy atom. The van der Waals surface area contributed by atoms with Crippen molar-refractivity contribution in [3.05, 3.63) is 0 Å². The first-order valence-electron chi connectivity index (χ1n) is 10.6. The molecule has 1 aliphatic heterocycles. The van der Waals surface area contributed by atoms with Gasteiger partial charge in [-0.25, -0.2) is 0 Å². The van der Waals surface area contributed by atoms with E-state index in [0.717, 1.165) is 77.2 Å². The number of unbranched alkanes of at least 4 members (excludes halogenated alkanes) is 3. The zero-order chi connectivity index (χ0) is 18.8. The molecule has 6 heteroatoms. The van der Waals surface area contributed by atoms with Crippen molar-refractivity contribution in [2.24, 2.45) is 11.7 Å². The molecule has 1 saturated carbocycles. The summed E-state index contributed by atoms with van der Waals surface area (Å²) in [6.07, 6.45) is 9.52. The lowest BCUT2D eigenvalue weighted by molar-refractivity contribution is -0.133. The number of hydrogen-bond acceptors (Lipinski definition) is 4. The summed E-state index contributed by atoms with van der Waals surface area (Å²) in [6.45, 7) is 6.59. The highest BCUT2D eigenvalue weighted by atomic mass is 16.2. The first-order valence-corrected chi connectivity index (χ1v) is 10.6. The number of nitrogens with one attached hydrogen (secondary N) is 1. The summed E-state index contributed by atoms with van der Waals surface area (Å²) in [7, 11) is 0. The summed E-state index contributed by atoms with van der Waals surface area (Å²) in [5.74, 6) is 1.21. The summed E-state index contributed by atoms with van der Waals surface area (Å²) < 4.78 is 0. The molecule has 1 aliphatic carbocycles. The van der Waals surface area contributed by atoms with Crippen molar-refractivity contribution in [1.29, 1.82) is 0 Å². The molecule has 0 bridgehead atoms. The zero-order valence-electron chi connectivity index (χ0n) is 16.5. The molecule has 2 fully saturated rings. The minimum absolute atomic E-state index is 0.143. The van der Waals surface area contributed by atoms with E-state index in [4.69, 9.17) is 5.73 Å². The van der Waals surface area contributed by atoms with E-state index in [1.807, 2.05) is 4.90 Å². The SMILES string of the molecule is CC1CCC(NC(=O)CN2CCN(C(=O)CCCCCCN)CC2)CC1. The fraction of sp³-hybridized carbons (Fsp3) is 0.900. The van der Waals surface area contributed by atoms with Gasteiger partial charge in [0.2, 0.25) is 11.8 Å². The summed E-state index contributed by atoms with van der Waals surface area (Å²) in [5.41, 5.74) is 5.48. The Morgan fingerprint density at radius 2 is 1.62 bits per heavy atom. The van der Waals surface area contributed by atoms with E-state index in [1.54, 1.807) is 0 Å². The molecule has 1 saturated heterocycles. The summed E-state index contributed by atoms with van der Waals surface area (Å²) in [6, 6.07) is 0.362. The molecule has 3 N–H and O–H groups in total. The van der Waals surface area contributed by atoms with Crippen molar-refractivity contribution in [3.63, 3.8) is 0 Å². The third-order valence-corrected chi connectivity index (χ3v) is 5.82. The molecule has 2 amide bonds. The topological polar surface area (TPSA) is 78.7 Å². The van der Waals surface area contributed by atoms with Crippen LogP contribution in [0.25, 0.3) is 0 Å². The molecular formula is C20H38N4O2. The minimum Gasteiger partial charge on any atom is -0.352 e. The summed E-state index contributed by atoms with van der Waals surface area (Å²) in [5, 5.41) is 3.20. The number of amides is 2. The van der Waals surface area contributed by atoms with E-state index in [9.17, 15) is 9.59 Å². The van der Waals surface area contributed by atoms with Crippen LogP contribution in [0.1, 0.15) is 64.7 Å². The predicted octanol–water partition coefficient (Wildman–Crippen LogP) is 1.73. The Balaban J connectivity index is 1.57. The molecule has 2 rings (SSSR count). The normalized spacial score (nSPS) is 24.5. The summed E-state index contributed by atoms with van der Waals surface area (Å²) in [4.78, 5) is 28.6. The van der Waals surface area contributed by atoms with Gasteiger partial charge in [-0.2, -0.15) is 0 Å². The molecule has 0 atom stereocenters. The molecule has 0 aromatic heterocycles. The Hall–Kier alpha value is -1.14. The number of carbonyl (C=O) groups is 2. The number of rotatable bonds is 9. The molecule has 0 aromatic rings. The maximum Gasteiger partial charge on any atom is 0.234 e. The van der Waals surface area contributed by atoms with Crippen molar-refractivity contribution in [3.8, 4) is 0 Å². The van der Waals surface area contributed by atoms with Gasteiger partial charge >= 0.3 is 0 Å². The van der Waals surface area contributed by atoms with Gasteiger partial charge < -0.3 is 16.0 Å². The van der Waals surface area contributed by atoms with Crippen LogP contribution in [0.15, 0.2) is 0 Å². The van der Waals surface area contributed by atoms with Crippen molar-refractivity contribution in [2.45, 2.75) is 70.8 Å². The van der Waals surface area contributed by atoms with Gasteiger partial charge in [0, 0.05) is 38.6 Å². The quantitative estimate of drug-likeness (QED) is 0.609. The van der Waals surface area contributed by atoms with E-state index in [2.05, 4.69) is 17.1 Å². The Morgan fingerprint density at radius 3 is 2.27 bits per heavy atom. The van der Waals surface area contributed by atoms with Crippen LogP contribution in [-0.2, 0) is 9.59 Å². The highest BCUT2D eigenvalue weighted by molar-refractivity contribution is 5.78. The van der Waals surface area contributed by atoms with E-state index in [0.29, 0.717) is 19.0 Å². The van der Waals surface area contributed by atoms with Crippen molar-refractivity contribution < 1.29 is 9.59 Å². The van der Waals surface area contributed by atoms with E-state index in [1.165, 1.54) is 12.8 Å². The molecule has 6 nitrogen and oxygen atoms in total. The van der Waals surface area contributed by atoms with Gasteiger partial charge in [-0.1, -0.05) is 19.8 Å². The maximum atomic E-state index is 12.3. The van der Waals surface area contributed by atoms with Crippen LogP contribution in [0.5, 0.6) is 0 Å². The van der Waals surface area contributed by atoms with E-state index >= 15 is 0 Å². The number of carbonyl (C=O) groups excluding carboxylic acids is 2. The maximum absolute atomic E-state index is 12.3. The first-order chi connectivity index (χ1) is 12.6. The lowest BCUT2D eigenvalue weighted by Crippen LogP contribution is -2.52. The van der Waals surface area contributed by atoms with Crippen LogP contribution in [0.4, 0.5) is 0 Å². The Labute approximate surface area is 158 Å². The van der Waals surface area contributed by atoms with Gasteiger partial charge in [0.1, 0.15) is 0 Å². The molecule has 150 valence electrons. The number of hydrogen-bond donors (Lipinski definition) is 2. The standard InChI is InChI=1S/C20H38N4O2/c1-17-7-9-18(10-8-17)22-19(25)16-23-12-14-24(15-13-23)20(26)6-4-2-3-5-11-21/h17-18H,2-16,21H2,1H3,(H,22,25). The third kappa shape index (κ3) is 7.62. The highest BCUT2D eigenvalue weighted by Crippen LogP contribution is 2.23. The average molecular weight is 367 g/mol. The minimum atomic E-state index is 0.143. The van der Waals surface area contributed by atoms with Crippen molar-refractivity contribution >= 4 is 11.8 Å². The third-order valence-electron chi connectivity index (χ3n) is 5.82. The fourth-order valence-corrected chi connectivity index (χ4v) is 3.97. The Kier molecular flexibility index (Phi) is 9.40. The lowest BCUT2D eigenvalue weighted by atomic mass is 9.87. The highest BCUT2D eigenvalue weighted by Gasteiger charge is 2.24. The zero-order valence-corrected chi connectivity index (χ0v) is 16.5. The molecule has 26 heavy (non-hydrogen) atoms. The van der Waals surface area contributed by atoms with Gasteiger partial charge in [-0.15, -0.1) is 0 Å². The largest absolute Gasteiger partial charge is 0.352 e. The molecule has 0 unspecified atom stereocenters. The van der Waals surface area contributed by atoms with Crippen LogP contribution in [0.2, 0.25) is 0 Å². The van der Waals surface area contributed by atoms with Crippen LogP contribution >= 0.6 is 0 Å². The summed E-state index contributed by atoms with van der Waals surface area (Å²) >= 11 is 0. The number of piperazine rings is 1. The first kappa shape index (κ1) is 21.2. The second-order valence-corrected chi connectivity index (χ2v) is 8.13. The fourth-order valence-electron chi connectivity index (χ4n) is 3.97. The monoisotopic (exact) mass is 366 g/mol. The second kappa shape index (κ2) is 11.5. The van der Waals surface area contributed by atoms with Crippen LogP contribution in [0.3, 0.4) is 0 Å². The molecule has 0 radical (unpaired) electrons. The van der Waals surface area contributed by atoms with Crippen LogP contribution in [0, 0.1) is 5.92 Å². The van der Waals surface area contributed by atoms with Crippen LogP contribution < -0.4 is 11.1 Å². The average Bonchev–Trinajstić information content (AvgIpc) is 2.64. The van der Waals surface area contributed by atoms with Crippen molar-refractivity contribution in [1.82, 2.24) is 15.1 Å². The van der Waals surface area contributed by atoms with Gasteiger partial charge in [0.05, 0.1) is 6.54 Å². The molecule has 0 spiro atoms. The van der Waals surface area contributed by atoms with Crippen LogP contribution in [-0.4, -0.2) is 66.9 Å². The molecular weight excluding hydrogens is 328 g/mol. The molecule has 1 heterocycles. The predicted molar refractivity (Wildman–Crippen MR) is 105 cm³/mol.